The molecule has 0 radical (unpaired) electrons. The van der Waals surface area contributed by atoms with Gasteiger partial charge in [-0.1, -0.05) is 54.1 Å². The van der Waals surface area contributed by atoms with Crippen molar-refractivity contribution >= 4 is 39.7 Å². The minimum atomic E-state index is -0.258. The van der Waals surface area contributed by atoms with Crippen LogP contribution in [-0.2, 0) is 4.79 Å². The van der Waals surface area contributed by atoms with Crippen molar-refractivity contribution in [3.8, 4) is 16.9 Å². The summed E-state index contributed by atoms with van der Waals surface area (Å²) in [6.07, 6.45) is 3.34. The molecule has 0 aliphatic heterocycles. The molecular weight excluding hydrogens is 422 g/mol. The molecule has 5 heteroatoms. The summed E-state index contributed by atoms with van der Waals surface area (Å²) in [5.41, 5.74) is 5.96. The molecule has 0 aliphatic carbocycles. The van der Waals surface area contributed by atoms with Crippen LogP contribution < -0.4 is 10.1 Å². The molecule has 0 saturated carbocycles. The van der Waals surface area contributed by atoms with Gasteiger partial charge in [0.15, 0.2) is 0 Å². The summed E-state index contributed by atoms with van der Waals surface area (Å²) in [7, 11) is 0. The first-order valence-corrected chi connectivity index (χ1v) is 10.8. The highest BCUT2D eigenvalue weighted by atomic mass is 35.5. The number of benzene rings is 3. The van der Waals surface area contributed by atoms with E-state index in [1.807, 2.05) is 57.2 Å². The fourth-order valence-corrected chi connectivity index (χ4v) is 3.97. The topological polar surface area (TPSA) is 51.5 Å². The van der Waals surface area contributed by atoms with Crippen molar-refractivity contribution in [1.82, 2.24) is 0 Å². The highest BCUT2D eigenvalue weighted by Gasteiger charge is 2.19. The number of hydrogen-bond donors (Lipinski definition) is 1. The Morgan fingerprint density at radius 3 is 2.56 bits per heavy atom. The molecule has 32 heavy (non-hydrogen) atoms. The summed E-state index contributed by atoms with van der Waals surface area (Å²) in [5, 5.41) is 4.31. The molecule has 0 bridgehead atoms. The second-order valence-electron chi connectivity index (χ2n) is 7.50. The van der Waals surface area contributed by atoms with E-state index >= 15 is 0 Å². The van der Waals surface area contributed by atoms with E-state index in [2.05, 4.69) is 17.4 Å². The first-order valence-electron chi connectivity index (χ1n) is 10.5. The number of ether oxygens (including phenoxy) is 1. The van der Waals surface area contributed by atoms with Gasteiger partial charge in [-0.2, -0.15) is 0 Å². The van der Waals surface area contributed by atoms with Gasteiger partial charge in [-0.3, -0.25) is 4.79 Å². The molecule has 162 valence electrons. The number of carbonyl (C=O) groups is 1. The van der Waals surface area contributed by atoms with Gasteiger partial charge < -0.3 is 14.5 Å². The summed E-state index contributed by atoms with van der Waals surface area (Å²) in [5.74, 6) is 0.458. The molecule has 0 fully saturated rings. The molecule has 0 unspecified atom stereocenters. The summed E-state index contributed by atoms with van der Waals surface area (Å²) in [6, 6.07) is 19.3. The van der Waals surface area contributed by atoms with E-state index in [9.17, 15) is 4.79 Å². The highest BCUT2D eigenvalue weighted by molar-refractivity contribution is 6.33. The van der Waals surface area contributed by atoms with E-state index in [-0.39, 0.29) is 5.91 Å². The highest BCUT2D eigenvalue weighted by Crippen LogP contribution is 2.40. The van der Waals surface area contributed by atoms with Crippen LogP contribution in [0.2, 0.25) is 5.02 Å². The molecular formula is C27H24ClNO3. The number of furan rings is 1. The van der Waals surface area contributed by atoms with Crippen molar-refractivity contribution in [1.29, 1.82) is 0 Å². The standard InChI is InChI=1S/C27H24ClNO3/c1-4-31-26-18(3)27-21(22(16-32-27)19-10-6-5-7-11-19)15-20(26)17(2)14-25(30)29-24-13-9-8-12-23(24)28/h5-16H,4H2,1-3H3,(H,29,30)/b17-14+. The number of rotatable bonds is 6. The second-order valence-corrected chi connectivity index (χ2v) is 7.91. The van der Waals surface area contributed by atoms with Crippen LogP contribution in [0.3, 0.4) is 0 Å². The van der Waals surface area contributed by atoms with Crippen molar-refractivity contribution in [2.75, 3.05) is 11.9 Å². The van der Waals surface area contributed by atoms with Gasteiger partial charge in [0.25, 0.3) is 0 Å². The lowest BCUT2D eigenvalue weighted by molar-refractivity contribution is -0.111. The first-order chi connectivity index (χ1) is 15.5. The molecule has 0 saturated heterocycles. The van der Waals surface area contributed by atoms with E-state index < -0.39 is 0 Å². The molecule has 1 aromatic heterocycles. The number of allylic oxidation sites excluding steroid dienone is 1. The number of aryl methyl sites for hydroxylation is 1. The Bertz CT molecular complexity index is 1310. The Morgan fingerprint density at radius 1 is 1.12 bits per heavy atom. The van der Waals surface area contributed by atoms with Crippen molar-refractivity contribution in [3.05, 3.63) is 89.2 Å². The largest absolute Gasteiger partial charge is 0.493 e. The Kier molecular flexibility index (Phi) is 6.33. The van der Waals surface area contributed by atoms with Crippen LogP contribution in [0.5, 0.6) is 5.75 Å². The Labute approximate surface area is 192 Å². The van der Waals surface area contributed by atoms with Gasteiger partial charge in [0.2, 0.25) is 5.91 Å². The fraction of sp³-hybridized carbons (Fsp3) is 0.148. The van der Waals surface area contributed by atoms with Crippen molar-refractivity contribution < 1.29 is 13.9 Å². The molecule has 3 aromatic carbocycles. The zero-order valence-electron chi connectivity index (χ0n) is 18.2. The SMILES string of the molecule is CCOc1c(/C(C)=C/C(=O)Nc2ccccc2Cl)cc2c(-c3ccccc3)coc2c1C. The fourth-order valence-electron chi connectivity index (χ4n) is 3.79. The van der Waals surface area contributed by atoms with E-state index in [0.29, 0.717) is 23.1 Å². The maximum absolute atomic E-state index is 12.7. The van der Waals surface area contributed by atoms with Gasteiger partial charge in [0.1, 0.15) is 11.3 Å². The average molecular weight is 446 g/mol. The lowest BCUT2D eigenvalue weighted by Gasteiger charge is -2.15. The maximum atomic E-state index is 12.7. The average Bonchev–Trinajstić information content (AvgIpc) is 3.22. The van der Waals surface area contributed by atoms with Crippen molar-refractivity contribution in [3.63, 3.8) is 0 Å². The van der Waals surface area contributed by atoms with Gasteiger partial charge in [-0.05, 0) is 50.1 Å². The quantitative estimate of drug-likeness (QED) is 0.312. The Hall–Kier alpha value is -3.50. The van der Waals surface area contributed by atoms with Crippen LogP contribution in [0.1, 0.15) is 25.0 Å². The smallest absolute Gasteiger partial charge is 0.248 e. The van der Waals surface area contributed by atoms with Crippen LogP contribution >= 0.6 is 11.6 Å². The van der Waals surface area contributed by atoms with E-state index in [1.54, 1.807) is 24.5 Å². The normalized spacial score (nSPS) is 11.6. The van der Waals surface area contributed by atoms with Crippen LogP contribution in [0.25, 0.3) is 27.7 Å². The number of halogens is 1. The third kappa shape index (κ3) is 4.27. The number of nitrogens with one attached hydrogen (secondary N) is 1. The summed E-state index contributed by atoms with van der Waals surface area (Å²) in [6.45, 7) is 6.32. The van der Waals surface area contributed by atoms with E-state index in [1.165, 1.54) is 0 Å². The van der Waals surface area contributed by atoms with Crippen LogP contribution in [0.4, 0.5) is 5.69 Å². The summed E-state index contributed by atoms with van der Waals surface area (Å²) < 4.78 is 11.9. The Balaban J connectivity index is 1.79. The molecule has 0 spiro atoms. The molecule has 1 amide bonds. The number of hydrogen-bond acceptors (Lipinski definition) is 3. The van der Waals surface area contributed by atoms with Gasteiger partial charge >= 0.3 is 0 Å². The molecule has 1 heterocycles. The number of carbonyl (C=O) groups excluding carboxylic acids is 1. The first kappa shape index (κ1) is 21.7. The molecule has 0 atom stereocenters. The maximum Gasteiger partial charge on any atom is 0.248 e. The van der Waals surface area contributed by atoms with Crippen molar-refractivity contribution in [2.45, 2.75) is 20.8 Å². The van der Waals surface area contributed by atoms with E-state index in [0.717, 1.165) is 38.8 Å². The molecule has 4 nitrogen and oxygen atoms in total. The number of anilines is 1. The summed E-state index contributed by atoms with van der Waals surface area (Å²) in [4.78, 5) is 12.7. The van der Waals surface area contributed by atoms with Crippen LogP contribution in [0.15, 0.2) is 77.4 Å². The van der Waals surface area contributed by atoms with Gasteiger partial charge in [0.05, 0.1) is 23.6 Å². The third-order valence-electron chi connectivity index (χ3n) is 5.32. The number of amides is 1. The minimum Gasteiger partial charge on any atom is -0.493 e. The van der Waals surface area contributed by atoms with Crippen molar-refractivity contribution in [2.24, 2.45) is 0 Å². The Morgan fingerprint density at radius 2 is 1.84 bits per heavy atom. The van der Waals surface area contributed by atoms with Gasteiger partial charge in [-0.25, -0.2) is 0 Å². The van der Waals surface area contributed by atoms with Crippen LogP contribution in [-0.4, -0.2) is 12.5 Å². The summed E-state index contributed by atoms with van der Waals surface area (Å²) >= 11 is 6.17. The molecule has 4 rings (SSSR count). The predicted molar refractivity (Wildman–Crippen MR) is 131 cm³/mol. The lowest BCUT2D eigenvalue weighted by atomic mass is 9.96. The van der Waals surface area contributed by atoms with Crippen LogP contribution in [0, 0.1) is 6.92 Å². The lowest BCUT2D eigenvalue weighted by Crippen LogP contribution is -2.09. The second kappa shape index (κ2) is 9.33. The third-order valence-corrected chi connectivity index (χ3v) is 5.65. The van der Waals surface area contributed by atoms with E-state index in [4.69, 9.17) is 20.8 Å². The molecule has 4 aromatic rings. The van der Waals surface area contributed by atoms with Gasteiger partial charge in [0, 0.05) is 28.2 Å². The number of para-hydroxylation sites is 1. The molecule has 0 aliphatic rings. The zero-order chi connectivity index (χ0) is 22.7. The zero-order valence-corrected chi connectivity index (χ0v) is 19.0. The minimum absolute atomic E-state index is 0.258. The monoisotopic (exact) mass is 445 g/mol. The predicted octanol–water partition coefficient (Wildman–Crippen LogP) is 7.50. The number of fused-ring (bicyclic) bond motifs is 1. The molecule has 1 N–H and O–H groups in total. The van der Waals surface area contributed by atoms with Gasteiger partial charge in [-0.15, -0.1) is 0 Å².